The van der Waals surface area contributed by atoms with E-state index in [-0.39, 0.29) is 0 Å². The minimum Gasteiger partial charge on any atom is -0.461 e. The summed E-state index contributed by atoms with van der Waals surface area (Å²) in [5.41, 5.74) is 12.4. The van der Waals surface area contributed by atoms with Crippen LogP contribution in [-0.4, -0.2) is 11.4 Å². The molecule has 5 aromatic rings. The highest BCUT2D eigenvalue weighted by atomic mass is 16.6. The maximum Gasteiger partial charge on any atom is 0.216 e. The second-order valence-corrected chi connectivity index (χ2v) is 10.7. The Balaban J connectivity index is 1.32. The predicted molar refractivity (Wildman–Crippen MR) is 170 cm³/mol. The van der Waals surface area contributed by atoms with Crippen LogP contribution in [0.1, 0.15) is 22.3 Å². The van der Waals surface area contributed by atoms with Gasteiger partial charge in [-0.25, -0.2) is 0 Å². The Morgan fingerprint density at radius 3 is 2.15 bits per heavy atom. The van der Waals surface area contributed by atoms with Gasteiger partial charge in [-0.2, -0.15) is 0 Å². The van der Waals surface area contributed by atoms with Crippen molar-refractivity contribution in [2.24, 2.45) is 0 Å². The lowest BCUT2D eigenvalue weighted by atomic mass is 9.81. The molecule has 3 nitrogen and oxygen atoms in total. The van der Waals surface area contributed by atoms with Crippen LogP contribution >= 0.6 is 0 Å². The summed E-state index contributed by atoms with van der Waals surface area (Å²) in [6.07, 6.45) is 9.22. The van der Waals surface area contributed by atoms with Gasteiger partial charge in [0.05, 0.1) is 5.69 Å². The maximum absolute atomic E-state index is 9.69. The van der Waals surface area contributed by atoms with Crippen LogP contribution in [0.4, 0.5) is 17.1 Å². The molecular weight excluding hydrogens is 502 g/mol. The van der Waals surface area contributed by atoms with Gasteiger partial charge in [-0.1, -0.05) is 85.0 Å². The van der Waals surface area contributed by atoms with Crippen LogP contribution in [0.2, 0.25) is 0 Å². The number of rotatable bonds is 7. The van der Waals surface area contributed by atoms with Crippen molar-refractivity contribution in [3.05, 3.63) is 150 Å². The molecule has 0 radical (unpaired) electrons. The van der Waals surface area contributed by atoms with Gasteiger partial charge in [-0.05, 0) is 107 Å². The molecule has 0 amide bonds. The molecule has 1 N–H and O–H groups in total. The minimum atomic E-state index is -1.02. The largest absolute Gasteiger partial charge is 0.461 e. The van der Waals surface area contributed by atoms with Crippen LogP contribution in [0, 0.1) is 6.92 Å². The zero-order valence-corrected chi connectivity index (χ0v) is 23.0. The van der Waals surface area contributed by atoms with Crippen LogP contribution < -0.4 is 9.64 Å². The van der Waals surface area contributed by atoms with Gasteiger partial charge < -0.3 is 14.7 Å². The van der Waals surface area contributed by atoms with Crippen LogP contribution in [0.5, 0.6) is 5.75 Å². The van der Waals surface area contributed by atoms with E-state index in [4.69, 9.17) is 4.74 Å². The average Bonchev–Trinajstić information content (AvgIpc) is 3.02. The van der Waals surface area contributed by atoms with E-state index in [9.17, 15) is 5.11 Å². The number of aliphatic hydroxyl groups excluding tert-OH is 1. The zero-order valence-electron chi connectivity index (χ0n) is 23.0. The number of anilines is 3. The molecule has 0 aromatic heterocycles. The molecule has 1 unspecified atom stereocenters. The highest BCUT2D eigenvalue weighted by molar-refractivity contribution is 6.08. The first-order valence-corrected chi connectivity index (χ1v) is 14.1. The van der Waals surface area contributed by atoms with Gasteiger partial charge in [0.2, 0.25) is 6.29 Å². The quantitative estimate of drug-likeness (QED) is 0.167. The minimum absolute atomic E-state index is 0.600. The monoisotopic (exact) mass is 533 g/mol. The van der Waals surface area contributed by atoms with Gasteiger partial charge in [-0.3, -0.25) is 0 Å². The van der Waals surface area contributed by atoms with E-state index >= 15 is 0 Å². The number of aryl methyl sites for hydroxylation is 1. The third kappa shape index (κ3) is 4.55. The van der Waals surface area contributed by atoms with Crippen LogP contribution in [-0.2, 0) is 12.8 Å². The molecule has 1 atom stereocenters. The molecule has 0 aliphatic heterocycles. The van der Waals surface area contributed by atoms with Crippen molar-refractivity contribution in [2.75, 3.05) is 4.90 Å². The van der Waals surface area contributed by atoms with Gasteiger partial charge in [0.25, 0.3) is 0 Å². The standard InChI is InChI=1S/C38H31NO2/c1-3-36(40)41-33-21-13-27(14-22-33)26-11-19-32(20-12-26)39(31-17-7-25(2)8-18-31)35-24-16-30-10-9-28-5-4-6-29-15-23-34(35)38(30)37(28)29/h3-5,7-9,11-24,36,40H,1,6,10H2,2H3. The molecular formula is C38H31NO2. The fourth-order valence-corrected chi connectivity index (χ4v) is 6.03. The second-order valence-electron chi connectivity index (χ2n) is 10.7. The van der Waals surface area contributed by atoms with Crippen molar-refractivity contribution < 1.29 is 9.84 Å². The third-order valence-corrected chi connectivity index (χ3v) is 8.10. The summed E-state index contributed by atoms with van der Waals surface area (Å²) >= 11 is 0. The lowest BCUT2D eigenvalue weighted by Gasteiger charge is -2.30. The van der Waals surface area contributed by atoms with E-state index < -0.39 is 6.29 Å². The molecule has 0 saturated carbocycles. The van der Waals surface area contributed by atoms with E-state index in [1.54, 1.807) is 0 Å². The highest BCUT2D eigenvalue weighted by Crippen LogP contribution is 2.45. The third-order valence-electron chi connectivity index (χ3n) is 8.10. The summed E-state index contributed by atoms with van der Waals surface area (Å²) in [4.78, 5) is 2.37. The van der Waals surface area contributed by atoms with Crippen LogP contribution in [0.25, 0.3) is 27.5 Å². The fraction of sp³-hybridized carbons (Fsp3) is 0.105. The first-order valence-electron chi connectivity index (χ1n) is 14.1. The summed E-state index contributed by atoms with van der Waals surface area (Å²) in [5.74, 6) is 0.600. The predicted octanol–water partition coefficient (Wildman–Crippen LogP) is 9.22. The molecule has 0 bridgehead atoms. The normalized spacial score (nSPS) is 14.0. The molecule has 0 saturated heterocycles. The SMILES string of the molecule is C=CC(O)Oc1ccc(-c2ccc(N(c3ccc(C)cc3)c3ccc4c5c6c(ccc35)CC=CC6=CC4)cc2)cc1. The number of nitrogens with zero attached hydrogens (tertiary/aromatic N) is 1. The molecule has 200 valence electrons. The Morgan fingerprint density at radius 1 is 0.780 bits per heavy atom. The maximum atomic E-state index is 9.69. The number of benzene rings is 5. The molecule has 7 rings (SSSR count). The molecule has 41 heavy (non-hydrogen) atoms. The lowest BCUT2D eigenvalue weighted by Crippen LogP contribution is -2.12. The van der Waals surface area contributed by atoms with Gasteiger partial charge in [0, 0.05) is 16.8 Å². The summed E-state index contributed by atoms with van der Waals surface area (Å²) in [5, 5.41) is 12.4. The van der Waals surface area contributed by atoms with Gasteiger partial charge >= 0.3 is 0 Å². The Bertz CT molecular complexity index is 1830. The van der Waals surface area contributed by atoms with E-state index in [2.05, 4.69) is 109 Å². The fourth-order valence-electron chi connectivity index (χ4n) is 6.03. The van der Waals surface area contributed by atoms with Crippen molar-refractivity contribution >= 4 is 33.4 Å². The second kappa shape index (κ2) is 10.3. The first-order chi connectivity index (χ1) is 20.1. The first kappa shape index (κ1) is 25.1. The van der Waals surface area contributed by atoms with E-state index in [1.165, 1.54) is 50.4 Å². The Labute approximate surface area is 241 Å². The number of allylic oxidation sites excluding steroid dienone is 4. The number of aliphatic hydroxyl groups is 1. The molecule has 0 heterocycles. The Morgan fingerprint density at radius 2 is 1.44 bits per heavy atom. The summed E-state index contributed by atoms with van der Waals surface area (Å²) in [6.45, 7) is 5.68. The molecule has 5 aromatic carbocycles. The highest BCUT2D eigenvalue weighted by Gasteiger charge is 2.23. The summed E-state index contributed by atoms with van der Waals surface area (Å²) < 4.78 is 5.42. The van der Waals surface area contributed by atoms with Gasteiger partial charge in [0.15, 0.2) is 0 Å². The van der Waals surface area contributed by atoms with Crippen molar-refractivity contribution in [1.29, 1.82) is 0 Å². The lowest BCUT2D eigenvalue weighted by molar-refractivity contribution is 0.0251. The van der Waals surface area contributed by atoms with Crippen molar-refractivity contribution in [3.8, 4) is 16.9 Å². The summed E-state index contributed by atoms with van der Waals surface area (Å²) in [7, 11) is 0. The molecule has 0 fully saturated rings. The number of hydrogen-bond donors (Lipinski definition) is 1. The van der Waals surface area contributed by atoms with Gasteiger partial charge in [0.1, 0.15) is 5.75 Å². The van der Waals surface area contributed by atoms with Crippen LogP contribution in [0.3, 0.4) is 0 Å². The van der Waals surface area contributed by atoms with Crippen molar-refractivity contribution in [1.82, 2.24) is 0 Å². The Kier molecular flexibility index (Phi) is 6.30. The van der Waals surface area contributed by atoms with Crippen molar-refractivity contribution in [2.45, 2.75) is 26.1 Å². The number of hydrogen-bond acceptors (Lipinski definition) is 3. The number of ether oxygens (including phenoxy) is 1. The Hall–Kier alpha value is -4.86. The average molecular weight is 534 g/mol. The van der Waals surface area contributed by atoms with Crippen LogP contribution in [0.15, 0.2) is 128 Å². The summed E-state index contributed by atoms with van der Waals surface area (Å²) in [6, 6.07) is 34.4. The zero-order chi connectivity index (χ0) is 27.9. The smallest absolute Gasteiger partial charge is 0.216 e. The molecule has 2 aliphatic carbocycles. The molecule has 0 spiro atoms. The van der Waals surface area contributed by atoms with E-state index in [0.717, 1.165) is 35.3 Å². The molecule has 2 aliphatic rings. The van der Waals surface area contributed by atoms with Gasteiger partial charge in [-0.15, -0.1) is 0 Å². The van der Waals surface area contributed by atoms with Crippen molar-refractivity contribution in [3.63, 3.8) is 0 Å². The molecule has 3 heteroatoms. The van der Waals surface area contributed by atoms with E-state index in [1.807, 2.05) is 24.3 Å². The topological polar surface area (TPSA) is 32.7 Å². The van der Waals surface area contributed by atoms with E-state index in [0.29, 0.717) is 5.75 Å².